The summed E-state index contributed by atoms with van der Waals surface area (Å²) in [4.78, 5) is 26.5. The van der Waals surface area contributed by atoms with Gasteiger partial charge in [0, 0.05) is 16.7 Å². The quantitative estimate of drug-likeness (QED) is 0.428. The average molecular weight is 502 g/mol. The summed E-state index contributed by atoms with van der Waals surface area (Å²) in [5.74, 6) is -0.995. The smallest absolute Gasteiger partial charge is 0.425 e. The normalized spacial score (nSPS) is 12.7. The fraction of sp³-hybridized carbons (Fsp3) is 0.455. The molecule has 0 aliphatic heterocycles. The van der Waals surface area contributed by atoms with Gasteiger partial charge in [-0.25, -0.2) is 14.0 Å². The Balaban J connectivity index is 2.51. The van der Waals surface area contributed by atoms with Gasteiger partial charge in [-0.1, -0.05) is 23.2 Å². The first-order valence-corrected chi connectivity index (χ1v) is 10.7. The number of amides is 2. The molecule has 8 nitrogen and oxygen atoms in total. The van der Waals surface area contributed by atoms with E-state index in [0.717, 1.165) is 6.07 Å². The number of rotatable bonds is 4. The van der Waals surface area contributed by atoms with Gasteiger partial charge in [-0.2, -0.15) is 10.00 Å². The summed E-state index contributed by atoms with van der Waals surface area (Å²) in [6.45, 7) is 11.4. The monoisotopic (exact) mass is 501 g/mol. The maximum absolute atomic E-state index is 14.0. The molecule has 2 rings (SSSR count). The van der Waals surface area contributed by atoms with Crippen LogP contribution in [0, 0.1) is 5.82 Å². The summed E-state index contributed by atoms with van der Waals surface area (Å²) >= 11 is 12.3. The topological polar surface area (TPSA) is 90.9 Å². The van der Waals surface area contributed by atoms with Gasteiger partial charge in [0.05, 0.1) is 11.2 Å². The van der Waals surface area contributed by atoms with Crippen molar-refractivity contribution in [2.75, 3.05) is 4.90 Å². The summed E-state index contributed by atoms with van der Waals surface area (Å²) < 4.78 is 30.6. The van der Waals surface area contributed by atoms with Gasteiger partial charge < -0.3 is 14.2 Å². The van der Waals surface area contributed by atoms with E-state index >= 15 is 0 Å². The molecular formula is C22H26Cl2FN3O5. The van der Waals surface area contributed by atoms with Gasteiger partial charge >= 0.3 is 12.2 Å². The van der Waals surface area contributed by atoms with Crippen LogP contribution in [0.25, 0.3) is 0 Å². The van der Waals surface area contributed by atoms with Crippen molar-refractivity contribution < 1.29 is 28.2 Å². The fourth-order valence-corrected chi connectivity index (χ4v) is 3.27. The van der Waals surface area contributed by atoms with E-state index in [1.165, 1.54) is 18.3 Å². The van der Waals surface area contributed by atoms with Crippen LogP contribution in [-0.2, 0) is 9.47 Å². The molecule has 180 valence electrons. The highest BCUT2D eigenvalue weighted by Gasteiger charge is 2.36. The zero-order valence-electron chi connectivity index (χ0n) is 19.4. The van der Waals surface area contributed by atoms with E-state index in [-0.39, 0.29) is 27.2 Å². The van der Waals surface area contributed by atoms with Gasteiger partial charge in [0.25, 0.3) is 0 Å². The average Bonchev–Trinajstić information content (AvgIpc) is 2.63. The Hall–Kier alpha value is -2.65. The second-order valence-corrected chi connectivity index (χ2v) is 9.82. The zero-order chi connectivity index (χ0) is 25.1. The Morgan fingerprint density at radius 2 is 1.55 bits per heavy atom. The number of hydrogen-bond donors (Lipinski definition) is 0. The van der Waals surface area contributed by atoms with Crippen molar-refractivity contribution in [2.24, 2.45) is 0 Å². The van der Waals surface area contributed by atoms with E-state index in [1.807, 2.05) is 0 Å². The molecule has 1 aromatic carbocycles. The van der Waals surface area contributed by atoms with Crippen molar-refractivity contribution in [3.63, 3.8) is 0 Å². The molecule has 1 atom stereocenters. The van der Waals surface area contributed by atoms with E-state index in [9.17, 15) is 14.0 Å². The maximum atomic E-state index is 14.0. The molecule has 0 unspecified atom stereocenters. The van der Waals surface area contributed by atoms with Crippen molar-refractivity contribution in [3.8, 4) is 5.75 Å². The predicted molar refractivity (Wildman–Crippen MR) is 122 cm³/mol. The lowest BCUT2D eigenvalue weighted by Crippen LogP contribution is -2.44. The number of hydrogen-bond acceptors (Lipinski definition) is 7. The summed E-state index contributed by atoms with van der Waals surface area (Å²) in [5.41, 5.74) is -1.66. The van der Waals surface area contributed by atoms with Crippen molar-refractivity contribution in [3.05, 3.63) is 45.8 Å². The molecule has 0 aliphatic rings. The summed E-state index contributed by atoms with van der Waals surface area (Å²) in [6.07, 6.45) is -1.68. The Morgan fingerprint density at radius 1 is 1.00 bits per heavy atom. The van der Waals surface area contributed by atoms with Gasteiger partial charge in [0.1, 0.15) is 23.1 Å². The van der Waals surface area contributed by atoms with Gasteiger partial charge in [-0.05, 0) is 60.6 Å². The van der Waals surface area contributed by atoms with Crippen molar-refractivity contribution in [2.45, 2.75) is 65.8 Å². The lowest BCUT2D eigenvalue weighted by molar-refractivity contribution is 0.0426. The molecule has 0 aliphatic carbocycles. The third kappa shape index (κ3) is 7.17. The first-order chi connectivity index (χ1) is 15.1. The van der Waals surface area contributed by atoms with Crippen molar-refractivity contribution >= 4 is 41.2 Å². The summed E-state index contributed by atoms with van der Waals surface area (Å²) in [5, 5.41) is 7.61. The van der Waals surface area contributed by atoms with Gasteiger partial charge in [-0.15, -0.1) is 5.10 Å². The van der Waals surface area contributed by atoms with Crippen molar-refractivity contribution in [1.29, 1.82) is 0 Å². The Bertz CT molecular complexity index is 1010. The van der Waals surface area contributed by atoms with Gasteiger partial charge in [0.2, 0.25) is 5.82 Å². The molecule has 0 saturated carbocycles. The van der Waals surface area contributed by atoms with Crippen LogP contribution in [0.3, 0.4) is 0 Å². The molecule has 11 heteroatoms. The lowest BCUT2D eigenvalue weighted by atomic mass is 10.1. The van der Waals surface area contributed by atoms with Crippen LogP contribution in [0.15, 0.2) is 24.4 Å². The fourth-order valence-electron chi connectivity index (χ4n) is 2.59. The third-order valence-corrected chi connectivity index (χ3v) is 4.53. The molecule has 33 heavy (non-hydrogen) atoms. The number of imide groups is 1. The van der Waals surface area contributed by atoms with Crippen molar-refractivity contribution in [1.82, 2.24) is 10.2 Å². The predicted octanol–water partition coefficient (Wildman–Crippen LogP) is 6.74. The largest absolute Gasteiger partial charge is 0.482 e. The number of carbonyl (C=O) groups is 2. The number of nitrogens with zero attached hydrogens (tertiary/aromatic N) is 3. The number of anilines is 1. The van der Waals surface area contributed by atoms with Crippen LogP contribution in [-0.4, -0.2) is 33.6 Å². The highest BCUT2D eigenvalue weighted by molar-refractivity contribution is 6.36. The minimum Gasteiger partial charge on any atom is -0.482 e. The molecule has 0 fully saturated rings. The van der Waals surface area contributed by atoms with Crippen LogP contribution < -0.4 is 9.64 Å². The third-order valence-electron chi connectivity index (χ3n) is 3.82. The standard InChI is InChI=1S/C22H26Cl2FN3O5/c1-12(16-13(23)8-9-14(25)17(16)24)31-15-10-11-26-27-18(15)28(19(29)32-21(2,3)4)20(30)33-22(5,6)7/h8-12H,1-7H3/t12-/m1/s1. The van der Waals surface area contributed by atoms with Crippen LogP contribution in [0.2, 0.25) is 10.0 Å². The van der Waals surface area contributed by atoms with E-state index < -0.39 is 35.3 Å². The molecular weight excluding hydrogens is 476 g/mol. The number of halogens is 3. The molecule has 0 saturated heterocycles. The van der Waals surface area contributed by atoms with Gasteiger partial charge in [0.15, 0.2) is 5.75 Å². The second kappa shape index (κ2) is 10.1. The number of aromatic nitrogens is 2. The summed E-state index contributed by atoms with van der Waals surface area (Å²) in [7, 11) is 0. The van der Waals surface area contributed by atoms with E-state index in [0.29, 0.717) is 4.90 Å². The van der Waals surface area contributed by atoms with Crippen LogP contribution in [0.5, 0.6) is 5.75 Å². The van der Waals surface area contributed by atoms with Crippen LogP contribution in [0.1, 0.15) is 60.1 Å². The van der Waals surface area contributed by atoms with E-state index in [1.54, 1.807) is 48.5 Å². The molecule has 0 radical (unpaired) electrons. The first-order valence-electron chi connectivity index (χ1n) is 9.98. The minimum atomic E-state index is -1.04. The van der Waals surface area contributed by atoms with E-state index in [4.69, 9.17) is 37.4 Å². The molecule has 1 aromatic heterocycles. The maximum Gasteiger partial charge on any atom is 0.425 e. The van der Waals surface area contributed by atoms with E-state index in [2.05, 4.69) is 10.2 Å². The molecule has 0 spiro atoms. The number of ether oxygens (including phenoxy) is 3. The Labute approximate surface area is 201 Å². The lowest BCUT2D eigenvalue weighted by Gasteiger charge is -2.29. The molecule has 2 aromatic rings. The van der Waals surface area contributed by atoms with Crippen LogP contribution >= 0.6 is 23.2 Å². The number of carbonyl (C=O) groups excluding carboxylic acids is 2. The zero-order valence-corrected chi connectivity index (χ0v) is 20.9. The SMILES string of the molecule is C[C@@H](Oc1ccnnc1N(C(=O)OC(C)(C)C)C(=O)OC(C)(C)C)c1c(Cl)ccc(F)c1Cl. The number of benzene rings is 1. The molecule has 0 N–H and O–H groups in total. The Kier molecular flexibility index (Phi) is 8.13. The molecule has 0 bridgehead atoms. The molecule has 1 heterocycles. The Morgan fingerprint density at radius 3 is 2.06 bits per heavy atom. The summed E-state index contributed by atoms with van der Waals surface area (Å²) in [6, 6.07) is 3.85. The minimum absolute atomic E-state index is 0.0365. The molecule has 2 amide bonds. The highest BCUT2D eigenvalue weighted by Crippen LogP contribution is 2.37. The van der Waals surface area contributed by atoms with Crippen LogP contribution in [0.4, 0.5) is 19.8 Å². The highest BCUT2D eigenvalue weighted by atomic mass is 35.5. The first kappa shape index (κ1) is 26.6. The van der Waals surface area contributed by atoms with Gasteiger partial charge in [-0.3, -0.25) is 0 Å². The second-order valence-electron chi connectivity index (χ2n) is 9.03.